The molecule has 2 heterocycles. The van der Waals surface area contributed by atoms with Gasteiger partial charge in [-0.05, 0) is 60.7 Å². The van der Waals surface area contributed by atoms with Crippen LogP contribution >= 0.6 is 11.3 Å². The van der Waals surface area contributed by atoms with E-state index in [9.17, 15) is 9.59 Å². The van der Waals surface area contributed by atoms with E-state index in [-0.39, 0.29) is 11.8 Å². The Morgan fingerprint density at radius 1 is 1.03 bits per heavy atom. The number of amides is 2. The molecule has 9 heteroatoms. The number of benzene rings is 2. The fraction of sp³-hybridized carbons (Fsp3) is 0.0435. The van der Waals surface area contributed by atoms with Gasteiger partial charge in [0, 0.05) is 22.9 Å². The van der Waals surface area contributed by atoms with Gasteiger partial charge in [-0.3, -0.25) is 14.9 Å². The van der Waals surface area contributed by atoms with Gasteiger partial charge in [0.15, 0.2) is 0 Å². The molecule has 2 aromatic heterocycles. The predicted octanol–water partition coefficient (Wildman–Crippen LogP) is 4.71. The molecular formula is C23H18N4O4S. The number of nitrogens with one attached hydrogen (secondary N) is 2. The largest absolute Gasteiger partial charge is 0.497 e. The third-order valence-corrected chi connectivity index (χ3v) is 5.20. The smallest absolute Gasteiger partial charge is 0.257 e. The van der Waals surface area contributed by atoms with Crippen LogP contribution in [0.5, 0.6) is 5.75 Å². The average molecular weight is 446 g/mol. The Bertz CT molecular complexity index is 1250. The molecule has 0 bridgehead atoms. The summed E-state index contributed by atoms with van der Waals surface area (Å²) >= 11 is 1.26. The highest BCUT2D eigenvalue weighted by Gasteiger charge is 2.12. The summed E-state index contributed by atoms with van der Waals surface area (Å²) in [5.41, 5.74) is 1.73. The minimum atomic E-state index is -0.357. The number of rotatable bonds is 7. The molecule has 2 N–H and O–H groups in total. The summed E-state index contributed by atoms with van der Waals surface area (Å²) in [4.78, 5) is 24.7. The van der Waals surface area contributed by atoms with Gasteiger partial charge in [0.25, 0.3) is 5.91 Å². The third kappa shape index (κ3) is 5.27. The molecule has 0 aliphatic heterocycles. The summed E-state index contributed by atoms with van der Waals surface area (Å²) in [7, 11) is 1.60. The highest BCUT2D eigenvalue weighted by molar-refractivity contribution is 7.18. The highest BCUT2D eigenvalue weighted by Crippen LogP contribution is 2.28. The highest BCUT2D eigenvalue weighted by atomic mass is 32.1. The van der Waals surface area contributed by atoms with Crippen molar-refractivity contribution in [2.24, 2.45) is 0 Å². The van der Waals surface area contributed by atoms with Crippen molar-refractivity contribution in [3.63, 3.8) is 0 Å². The van der Waals surface area contributed by atoms with E-state index < -0.39 is 0 Å². The number of ether oxygens (including phenoxy) is 1. The second kappa shape index (κ2) is 9.71. The molecule has 4 aromatic rings. The Morgan fingerprint density at radius 2 is 1.88 bits per heavy atom. The van der Waals surface area contributed by atoms with Crippen molar-refractivity contribution in [1.82, 2.24) is 10.2 Å². The Balaban J connectivity index is 1.39. The Labute approximate surface area is 187 Å². The Kier molecular flexibility index (Phi) is 6.38. The Morgan fingerprint density at radius 3 is 2.62 bits per heavy atom. The number of hydrogen-bond donors (Lipinski definition) is 2. The maximum atomic E-state index is 12.6. The van der Waals surface area contributed by atoms with E-state index in [1.165, 1.54) is 23.7 Å². The van der Waals surface area contributed by atoms with Gasteiger partial charge in [0.1, 0.15) is 16.5 Å². The molecule has 0 unspecified atom stereocenters. The summed E-state index contributed by atoms with van der Waals surface area (Å²) in [5.74, 6) is 0.617. The SMILES string of the molecule is COc1ccc(-c2nnc(NC(=O)c3cccc(NC(=O)/C=C/c4ccco4)c3)s2)cc1. The van der Waals surface area contributed by atoms with Crippen molar-refractivity contribution in [2.75, 3.05) is 17.7 Å². The van der Waals surface area contributed by atoms with Gasteiger partial charge in [-0.25, -0.2) is 0 Å². The molecule has 160 valence electrons. The molecule has 0 aliphatic carbocycles. The number of carbonyl (C=O) groups excluding carboxylic acids is 2. The van der Waals surface area contributed by atoms with Crippen LogP contribution in [0.2, 0.25) is 0 Å². The molecule has 0 radical (unpaired) electrons. The molecule has 0 saturated heterocycles. The summed E-state index contributed by atoms with van der Waals surface area (Å²) in [5, 5.41) is 14.7. The molecule has 2 amide bonds. The van der Waals surface area contributed by atoms with E-state index >= 15 is 0 Å². The normalized spacial score (nSPS) is 10.8. The second-order valence-electron chi connectivity index (χ2n) is 6.51. The third-order valence-electron chi connectivity index (χ3n) is 4.32. The molecule has 0 atom stereocenters. The second-order valence-corrected chi connectivity index (χ2v) is 7.49. The van der Waals surface area contributed by atoms with Crippen LogP contribution in [0.15, 0.2) is 77.4 Å². The van der Waals surface area contributed by atoms with Crippen LogP contribution in [0.3, 0.4) is 0 Å². The number of hydrogen-bond acceptors (Lipinski definition) is 7. The molecule has 0 fully saturated rings. The minimum absolute atomic E-state index is 0.341. The van der Waals surface area contributed by atoms with Crippen molar-refractivity contribution in [2.45, 2.75) is 0 Å². The lowest BCUT2D eigenvalue weighted by Gasteiger charge is -2.05. The number of aromatic nitrogens is 2. The van der Waals surface area contributed by atoms with Gasteiger partial charge in [0.2, 0.25) is 11.0 Å². The van der Waals surface area contributed by atoms with Gasteiger partial charge in [-0.2, -0.15) is 0 Å². The van der Waals surface area contributed by atoms with E-state index in [1.807, 2.05) is 24.3 Å². The number of anilines is 2. The van der Waals surface area contributed by atoms with Crippen molar-refractivity contribution >= 4 is 40.0 Å². The molecule has 0 aliphatic rings. The van der Waals surface area contributed by atoms with Gasteiger partial charge in [-0.1, -0.05) is 17.4 Å². The summed E-state index contributed by atoms with van der Waals surface area (Å²) in [6.07, 6.45) is 4.44. The van der Waals surface area contributed by atoms with E-state index in [4.69, 9.17) is 9.15 Å². The maximum absolute atomic E-state index is 12.6. The zero-order valence-corrected chi connectivity index (χ0v) is 17.8. The van der Waals surface area contributed by atoms with Gasteiger partial charge >= 0.3 is 0 Å². The zero-order valence-electron chi connectivity index (χ0n) is 16.9. The molecule has 0 spiro atoms. The summed E-state index contributed by atoms with van der Waals surface area (Å²) in [6.45, 7) is 0. The van der Waals surface area contributed by atoms with Crippen molar-refractivity contribution < 1.29 is 18.7 Å². The molecule has 4 rings (SSSR count). The van der Waals surface area contributed by atoms with Gasteiger partial charge in [-0.15, -0.1) is 10.2 Å². The van der Waals surface area contributed by atoms with E-state index in [1.54, 1.807) is 49.6 Å². The van der Waals surface area contributed by atoms with Crippen LogP contribution in [-0.2, 0) is 4.79 Å². The van der Waals surface area contributed by atoms with Crippen molar-refractivity contribution in [1.29, 1.82) is 0 Å². The number of methoxy groups -OCH3 is 1. The Hall–Kier alpha value is -4.24. The van der Waals surface area contributed by atoms with Crippen molar-refractivity contribution in [3.05, 3.63) is 84.3 Å². The zero-order chi connectivity index (χ0) is 22.3. The van der Waals surface area contributed by atoms with Crippen LogP contribution in [0.4, 0.5) is 10.8 Å². The first-order valence-corrected chi connectivity index (χ1v) is 10.3. The quantitative estimate of drug-likeness (QED) is 0.398. The average Bonchev–Trinajstić information content (AvgIpc) is 3.50. The van der Waals surface area contributed by atoms with Crippen molar-refractivity contribution in [3.8, 4) is 16.3 Å². The number of nitrogens with zero attached hydrogens (tertiary/aromatic N) is 2. The van der Waals surface area contributed by atoms with E-state index in [0.717, 1.165) is 11.3 Å². The predicted molar refractivity (Wildman–Crippen MR) is 123 cm³/mol. The number of carbonyl (C=O) groups is 2. The van der Waals surface area contributed by atoms with Crippen LogP contribution in [0.1, 0.15) is 16.1 Å². The van der Waals surface area contributed by atoms with Crippen LogP contribution in [0.25, 0.3) is 16.6 Å². The molecular weight excluding hydrogens is 428 g/mol. The van der Waals surface area contributed by atoms with E-state index in [0.29, 0.717) is 27.2 Å². The lowest BCUT2D eigenvalue weighted by atomic mass is 10.2. The lowest BCUT2D eigenvalue weighted by Crippen LogP contribution is -2.13. The molecule has 32 heavy (non-hydrogen) atoms. The fourth-order valence-electron chi connectivity index (χ4n) is 2.76. The summed E-state index contributed by atoms with van der Waals surface area (Å²) in [6, 6.07) is 17.5. The monoisotopic (exact) mass is 446 g/mol. The van der Waals surface area contributed by atoms with Crippen LogP contribution < -0.4 is 15.4 Å². The lowest BCUT2D eigenvalue weighted by molar-refractivity contribution is -0.111. The fourth-order valence-corrected chi connectivity index (χ4v) is 3.50. The number of furan rings is 1. The molecule has 0 saturated carbocycles. The first-order chi connectivity index (χ1) is 15.6. The maximum Gasteiger partial charge on any atom is 0.257 e. The van der Waals surface area contributed by atoms with Gasteiger partial charge < -0.3 is 14.5 Å². The standard InChI is InChI=1S/C23H18N4O4S/c1-30-18-9-7-15(8-10-18)22-26-27-23(32-22)25-21(29)16-4-2-5-17(14-16)24-20(28)12-11-19-6-3-13-31-19/h2-14H,1H3,(H,24,28)(H,25,27,29)/b12-11+. The van der Waals surface area contributed by atoms with Crippen LogP contribution in [-0.4, -0.2) is 29.1 Å². The first-order valence-electron chi connectivity index (χ1n) is 9.52. The molecule has 8 nitrogen and oxygen atoms in total. The first kappa shape index (κ1) is 21.0. The topological polar surface area (TPSA) is 106 Å². The van der Waals surface area contributed by atoms with Gasteiger partial charge in [0.05, 0.1) is 13.4 Å². The minimum Gasteiger partial charge on any atom is -0.497 e. The van der Waals surface area contributed by atoms with Crippen LogP contribution in [0, 0.1) is 0 Å². The summed E-state index contributed by atoms with van der Waals surface area (Å²) < 4.78 is 10.3. The molecule has 2 aromatic carbocycles. The van der Waals surface area contributed by atoms with E-state index in [2.05, 4.69) is 20.8 Å².